The maximum atomic E-state index is 13.3. The predicted molar refractivity (Wildman–Crippen MR) is 126 cm³/mol. The highest BCUT2D eigenvalue weighted by atomic mass is 35.5. The number of nitrogens with zero attached hydrogens (tertiary/aromatic N) is 3. The SMILES string of the molecule is O=C(NN1CCCCCC1)c1nn(-c2ccc(Cl)cc2Cl)c2c1COc1cc(Cl)ccc1-2. The van der Waals surface area contributed by atoms with Crippen LogP contribution in [0.4, 0.5) is 0 Å². The number of nitrogens with one attached hydrogen (secondary N) is 1. The second-order valence-corrected chi connectivity index (χ2v) is 9.23. The third-order valence-corrected chi connectivity index (χ3v) is 6.55. The highest BCUT2D eigenvalue weighted by molar-refractivity contribution is 6.35. The highest BCUT2D eigenvalue weighted by Crippen LogP contribution is 2.42. The molecule has 3 aromatic rings. The molecule has 9 heteroatoms. The minimum atomic E-state index is -0.256. The lowest BCUT2D eigenvalue weighted by molar-refractivity contribution is 0.0786. The van der Waals surface area contributed by atoms with Crippen molar-refractivity contribution in [3.63, 3.8) is 0 Å². The standard InChI is InChI=1S/C23H21Cl3N4O2/c24-14-6-8-19(18(26)11-14)30-22-16-7-5-15(25)12-20(16)32-13-17(22)21(27-30)23(31)28-29-9-3-1-2-4-10-29/h5-8,11-12H,1-4,9-10,13H2,(H,28,31). The molecule has 2 aliphatic heterocycles. The number of benzene rings is 2. The molecule has 0 aliphatic carbocycles. The van der Waals surface area contributed by atoms with Crippen molar-refractivity contribution in [3.8, 4) is 22.7 Å². The van der Waals surface area contributed by atoms with E-state index in [4.69, 9.17) is 44.6 Å². The zero-order valence-corrected chi connectivity index (χ0v) is 19.5. The van der Waals surface area contributed by atoms with Crippen molar-refractivity contribution in [2.45, 2.75) is 32.3 Å². The van der Waals surface area contributed by atoms with Crippen LogP contribution in [0.25, 0.3) is 16.9 Å². The molecule has 2 aliphatic rings. The Morgan fingerprint density at radius 1 is 0.969 bits per heavy atom. The topological polar surface area (TPSA) is 59.4 Å². The number of rotatable bonds is 3. The summed E-state index contributed by atoms with van der Waals surface area (Å²) in [7, 11) is 0. The number of carbonyl (C=O) groups is 1. The number of amides is 1. The van der Waals surface area contributed by atoms with Crippen LogP contribution in [0.3, 0.4) is 0 Å². The summed E-state index contributed by atoms with van der Waals surface area (Å²) in [5.41, 5.74) is 6.24. The Bertz CT molecular complexity index is 1190. The average molecular weight is 492 g/mol. The first-order chi connectivity index (χ1) is 15.5. The van der Waals surface area contributed by atoms with E-state index in [-0.39, 0.29) is 12.5 Å². The molecule has 6 nitrogen and oxygen atoms in total. The Balaban J connectivity index is 1.61. The summed E-state index contributed by atoms with van der Waals surface area (Å²) in [4.78, 5) is 13.3. The molecule has 0 unspecified atom stereocenters. The van der Waals surface area contributed by atoms with Crippen molar-refractivity contribution in [1.29, 1.82) is 0 Å². The highest BCUT2D eigenvalue weighted by Gasteiger charge is 2.31. The Morgan fingerprint density at radius 3 is 2.44 bits per heavy atom. The molecule has 2 aromatic carbocycles. The van der Waals surface area contributed by atoms with Gasteiger partial charge in [0.1, 0.15) is 12.4 Å². The molecule has 32 heavy (non-hydrogen) atoms. The fourth-order valence-corrected chi connectivity index (χ4v) is 4.86. The van der Waals surface area contributed by atoms with Crippen molar-refractivity contribution in [2.75, 3.05) is 13.1 Å². The number of ether oxygens (including phenoxy) is 1. The third-order valence-electron chi connectivity index (χ3n) is 5.77. The van der Waals surface area contributed by atoms with Crippen molar-refractivity contribution in [3.05, 3.63) is 62.7 Å². The van der Waals surface area contributed by atoms with E-state index >= 15 is 0 Å². The van der Waals surface area contributed by atoms with Crippen molar-refractivity contribution < 1.29 is 9.53 Å². The Kier molecular flexibility index (Phi) is 6.03. The van der Waals surface area contributed by atoms with Crippen LogP contribution in [-0.4, -0.2) is 33.8 Å². The number of aromatic nitrogens is 2. The van der Waals surface area contributed by atoms with E-state index in [2.05, 4.69) is 5.43 Å². The molecule has 0 bridgehead atoms. The van der Waals surface area contributed by atoms with Gasteiger partial charge in [-0.2, -0.15) is 5.10 Å². The zero-order valence-electron chi connectivity index (χ0n) is 17.2. The van der Waals surface area contributed by atoms with Gasteiger partial charge < -0.3 is 4.74 Å². The molecule has 1 amide bonds. The molecular formula is C23H21Cl3N4O2. The lowest BCUT2D eigenvalue weighted by Crippen LogP contribution is -2.43. The van der Waals surface area contributed by atoms with E-state index < -0.39 is 0 Å². The van der Waals surface area contributed by atoms with Gasteiger partial charge in [-0.05, 0) is 49.2 Å². The first kappa shape index (κ1) is 21.6. The molecule has 0 atom stereocenters. The number of hydrazine groups is 1. The summed E-state index contributed by atoms with van der Waals surface area (Å²) < 4.78 is 7.64. The van der Waals surface area contributed by atoms with Crippen LogP contribution in [0.2, 0.25) is 15.1 Å². The maximum absolute atomic E-state index is 13.3. The lowest BCUT2D eigenvalue weighted by atomic mass is 10.0. The molecule has 1 N–H and O–H groups in total. The van der Waals surface area contributed by atoms with Gasteiger partial charge in [0.15, 0.2) is 5.69 Å². The van der Waals surface area contributed by atoms with E-state index in [1.807, 2.05) is 11.1 Å². The second-order valence-electron chi connectivity index (χ2n) is 7.95. The summed E-state index contributed by atoms with van der Waals surface area (Å²) in [5, 5.41) is 8.21. The first-order valence-corrected chi connectivity index (χ1v) is 11.7. The maximum Gasteiger partial charge on any atom is 0.286 e. The number of hydrogen-bond donors (Lipinski definition) is 1. The number of carbonyl (C=O) groups excluding carboxylic acids is 1. The Morgan fingerprint density at radius 2 is 1.69 bits per heavy atom. The zero-order chi connectivity index (χ0) is 22.2. The van der Waals surface area contributed by atoms with Crippen LogP contribution in [0.5, 0.6) is 5.75 Å². The molecule has 1 fully saturated rings. The molecule has 1 saturated heterocycles. The van der Waals surface area contributed by atoms with Crippen LogP contribution < -0.4 is 10.2 Å². The molecular weight excluding hydrogens is 471 g/mol. The molecule has 166 valence electrons. The minimum Gasteiger partial charge on any atom is -0.488 e. The van der Waals surface area contributed by atoms with Gasteiger partial charge in [0.2, 0.25) is 0 Å². The van der Waals surface area contributed by atoms with Gasteiger partial charge in [-0.15, -0.1) is 0 Å². The van der Waals surface area contributed by atoms with Crippen molar-refractivity contribution in [1.82, 2.24) is 20.2 Å². The monoisotopic (exact) mass is 490 g/mol. The second kappa shape index (κ2) is 8.94. The molecule has 0 spiro atoms. The van der Waals surface area contributed by atoms with E-state index in [1.54, 1.807) is 35.0 Å². The van der Waals surface area contributed by atoms with Crippen LogP contribution in [0, 0.1) is 0 Å². The van der Waals surface area contributed by atoms with Gasteiger partial charge in [0.25, 0.3) is 5.91 Å². The Labute approximate surface area is 201 Å². The van der Waals surface area contributed by atoms with Crippen LogP contribution >= 0.6 is 34.8 Å². The fraction of sp³-hybridized carbons (Fsp3) is 0.304. The molecule has 5 rings (SSSR count). The summed E-state index contributed by atoms with van der Waals surface area (Å²) in [6, 6.07) is 10.6. The minimum absolute atomic E-state index is 0.205. The average Bonchev–Trinajstić information content (AvgIpc) is 2.96. The van der Waals surface area contributed by atoms with E-state index in [0.717, 1.165) is 37.2 Å². The van der Waals surface area contributed by atoms with E-state index in [0.29, 0.717) is 37.8 Å². The normalized spacial score (nSPS) is 16.0. The van der Waals surface area contributed by atoms with E-state index in [1.165, 1.54) is 12.8 Å². The molecule has 1 aromatic heterocycles. The predicted octanol–water partition coefficient (Wildman–Crippen LogP) is 5.91. The number of fused-ring (bicyclic) bond motifs is 3. The van der Waals surface area contributed by atoms with Crippen molar-refractivity contribution in [2.24, 2.45) is 0 Å². The van der Waals surface area contributed by atoms with E-state index in [9.17, 15) is 4.79 Å². The summed E-state index contributed by atoms with van der Waals surface area (Å²) >= 11 is 18.8. The van der Waals surface area contributed by atoms with Gasteiger partial charge in [-0.1, -0.05) is 47.6 Å². The van der Waals surface area contributed by atoms with Crippen LogP contribution in [0.15, 0.2) is 36.4 Å². The number of halogens is 3. The van der Waals surface area contributed by atoms with Gasteiger partial charge in [0, 0.05) is 34.3 Å². The molecule has 0 saturated carbocycles. The largest absolute Gasteiger partial charge is 0.488 e. The molecule has 0 radical (unpaired) electrons. The lowest BCUT2D eigenvalue weighted by Gasteiger charge is -2.22. The van der Waals surface area contributed by atoms with Gasteiger partial charge >= 0.3 is 0 Å². The Hall–Kier alpha value is -2.25. The quantitative estimate of drug-likeness (QED) is 0.494. The van der Waals surface area contributed by atoms with Crippen LogP contribution in [-0.2, 0) is 6.61 Å². The van der Waals surface area contributed by atoms with Gasteiger partial charge in [-0.3, -0.25) is 10.2 Å². The fourth-order valence-electron chi connectivity index (χ4n) is 4.21. The smallest absolute Gasteiger partial charge is 0.286 e. The van der Waals surface area contributed by atoms with Crippen molar-refractivity contribution >= 4 is 40.7 Å². The van der Waals surface area contributed by atoms with Gasteiger partial charge in [0.05, 0.1) is 16.4 Å². The number of hydrogen-bond acceptors (Lipinski definition) is 4. The summed E-state index contributed by atoms with van der Waals surface area (Å²) in [6.07, 6.45) is 4.48. The third kappa shape index (κ3) is 4.08. The molecule has 3 heterocycles. The van der Waals surface area contributed by atoms with Gasteiger partial charge in [-0.25, -0.2) is 9.69 Å². The first-order valence-electron chi connectivity index (χ1n) is 10.6. The summed E-state index contributed by atoms with van der Waals surface area (Å²) in [5.74, 6) is 0.378. The van der Waals surface area contributed by atoms with Crippen LogP contribution in [0.1, 0.15) is 41.7 Å². The summed E-state index contributed by atoms with van der Waals surface area (Å²) in [6.45, 7) is 1.86.